The lowest BCUT2D eigenvalue weighted by Gasteiger charge is -2.33. The van der Waals surface area contributed by atoms with Crippen LogP contribution in [0.3, 0.4) is 0 Å². The molecule has 2 amide bonds. The van der Waals surface area contributed by atoms with Gasteiger partial charge in [-0.25, -0.2) is 8.42 Å². The van der Waals surface area contributed by atoms with Gasteiger partial charge in [-0.15, -0.1) is 0 Å². The fourth-order valence-electron chi connectivity index (χ4n) is 4.09. The Balaban J connectivity index is 2.24. The minimum atomic E-state index is -3.53. The number of methoxy groups -OCH3 is 1. The number of nitrogens with zero attached hydrogens (tertiary/aromatic N) is 2. The molecule has 0 radical (unpaired) electrons. The van der Waals surface area contributed by atoms with Crippen molar-refractivity contribution in [3.63, 3.8) is 0 Å². The molecule has 0 aliphatic heterocycles. The molecule has 8 nitrogen and oxygen atoms in total. The molecule has 9 heteroatoms. The SMILES string of the molecule is CCC(C(=O)NC(C)(C)C)N(Cc1ccc(OC)cc1)C(=O)CCCN(c1cccc(C)c1)S(C)(=O)=O. The molecule has 2 aromatic rings. The van der Waals surface area contributed by atoms with E-state index in [9.17, 15) is 18.0 Å². The van der Waals surface area contributed by atoms with Gasteiger partial charge in [-0.3, -0.25) is 13.9 Å². The predicted octanol–water partition coefficient (Wildman–Crippen LogP) is 4.27. The Morgan fingerprint density at radius 3 is 2.24 bits per heavy atom. The first kappa shape index (κ1) is 30.2. The topological polar surface area (TPSA) is 96.0 Å². The Morgan fingerprint density at radius 2 is 1.73 bits per heavy atom. The second-order valence-corrected chi connectivity index (χ2v) is 12.2. The molecule has 0 aromatic heterocycles. The smallest absolute Gasteiger partial charge is 0.243 e. The monoisotopic (exact) mass is 531 g/mol. The molecule has 1 atom stereocenters. The van der Waals surface area contributed by atoms with Crippen molar-refractivity contribution in [3.8, 4) is 5.75 Å². The molecule has 1 N–H and O–H groups in total. The maximum atomic E-state index is 13.5. The minimum Gasteiger partial charge on any atom is -0.497 e. The summed E-state index contributed by atoms with van der Waals surface area (Å²) >= 11 is 0. The van der Waals surface area contributed by atoms with Crippen molar-refractivity contribution in [2.75, 3.05) is 24.2 Å². The average molecular weight is 532 g/mol. The lowest BCUT2D eigenvalue weighted by atomic mass is 10.0. The number of rotatable bonds is 12. The predicted molar refractivity (Wildman–Crippen MR) is 148 cm³/mol. The van der Waals surface area contributed by atoms with Crippen molar-refractivity contribution >= 4 is 27.5 Å². The number of carbonyl (C=O) groups excluding carboxylic acids is 2. The summed E-state index contributed by atoms with van der Waals surface area (Å²) in [5.74, 6) is 0.287. The van der Waals surface area contributed by atoms with Gasteiger partial charge in [-0.05, 0) is 75.9 Å². The van der Waals surface area contributed by atoms with Crippen molar-refractivity contribution in [2.45, 2.75) is 72.0 Å². The zero-order chi connectivity index (χ0) is 27.8. The van der Waals surface area contributed by atoms with Crippen LogP contribution in [0, 0.1) is 6.92 Å². The first-order valence-electron chi connectivity index (χ1n) is 12.5. The van der Waals surface area contributed by atoms with Gasteiger partial charge in [0.25, 0.3) is 0 Å². The summed E-state index contributed by atoms with van der Waals surface area (Å²) in [7, 11) is -1.94. The number of hydrogen-bond donors (Lipinski definition) is 1. The summed E-state index contributed by atoms with van der Waals surface area (Å²) in [6, 6.07) is 14.0. The highest BCUT2D eigenvalue weighted by molar-refractivity contribution is 7.92. The highest BCUT2D eigenvalue weighted by Crippen LogP contribution is 2.21. The summed E-state index contributed by atoms with van der Waals surface area (Å²) in [5.41, 5.74) is 1.95. The fourth-order valence-corrected chi connectivity index (χ4v) is 5.04. The quantitative estimate of drug-likeness (QED) is 0.441. The molecule has 0 aliphatic rings. The normalized spacial score (nSPS) is 12.5. The summed E-state index contributed by atoms with van der Waals surface area (Å²) in [5, 5.41) is 2.99. The Morgan fingerprint density at radius 1 is 1.08 bits per heavy atom. The number of anilines is 1. The second-order valence-electron chi connectivity index (χ2n) is 10.3. The van der Waals surface area contributed by atoms with Gasteiger partial charge < -0.3 is 15.0 Å². The summed E-state index contributed by atoms with van der Waals surface area (Å²) in [6.07, 6.45) is 2.03. The molecule has 37 heavy (non-hydrogen) atoms. The number of aryl methyl sites for hydroxylation is 1. The van der Waals surface area contributed by atoms with Crippen molar-refractivity contribution in [3.05, 3.63) is 59.7 Å². The summed E-state index contributed by atoms with van der Waals surface area (Å²) in [6.45, 7) is 9.90. The van der Waals surface area contributed by atoms with Crippen LogP contribution in [0.25, 0.3) is 0 Å². The molecule has 1 unspecified atom stereocenters. The number of amides is 2. The number of nitrogens with one attached hydrogen (secondary N) is 1. The molecular weight excluding hydrogens is 490 g/mol. The van der Waals surface area contributed by atoms with E-state index in [0.717, 1.165) is 17.4 Å². The molecule has 0 heterocycles. The lowest BCUT2D eigenvalue weighted by Crippen LogP contribution is -2.53. The van der Waals surface area contributed by atoms with Gasteiger partial charge >= 0.3 is 0 Å². The molecule has 204 valence electrons. The van der Waals surface area contributed by atoms with E-state index < -0.39 is 21.6 Å². The highest BCUT2D eigenvalue weighted by Gasteiger charge is 2.30. The molecule has 0 bridgehead atoms. The molecule has 0 saturated heterocycles. The van der Waals surface area contributed by atoms with Crippen LogP contribution in [0.4, 0.5) is 5.69 Å². The lowest BCUT2D eigenvalue weighted by molar-refractivity contribution is -0.142. The first-order chi connectivity index (χ1) is 17.2. The fraction of sp³-hybridized carbons (Fsp3) is 0.500. The average Bonchev–Trinajstić information content (AvgIpc) is 2.80. The van der Waals surface area contributed by atoms with Gasteiger partial charge in [0.2, 0.25) is 21.8 Å². The van der Waals surface area contributed by atoms with Gasteiger partial charge in [0.15, 0.2) is 0 Å². The van der Waals surface area contributed by atoms with Crippen molar-refractivity contribution in [1.29, 1.82) is 0 Å². The molecule has 2 rings (SSSR count). The molecule has 2 aromatic carbocycles. The van der Waals surface area contributed by atoms with E-state index in [1.807, 2.05) is 77.1 Å². The molecule has 0 fully saturated rings. The summed E-state index contributed by atoms with van der Waals surface area (Å²) < 4.78 is 31.5. The van der Waals surface area contributed by atoms with Crippen molar-refractivity contribution in [2.24, 2.45) is 0 Å². The molecule has 0 aliphatic carbocycles. The van der Waals surface area contributed by atoms with Crippen LogP contribution >= 0.6 is 0 Å². The van der Waals surface area contributed by atoms with E-state index >= 15 is 0 Å². The van der Waals surface area contributed by atoms with Gasteiger partial charge in [0.05, 0.1) is 19.1 Å². The second kappa shape index (κ2) is 12.9. The summed E-state index contributed by atoms with van der Waals surface area (Å²) in [4.78, 5) is 28.3. The van der Waals surface area contributed by atoms with E-state index in [1.54, 1.807) is 18.1 Å². The standard InChI is InChI=1S/C28H41N3O5S/c1-8-25(27(33)29-28(3,4)5)30(20-22-14-16-24(36-6)17-15-22)26(32)13-10-18-31(37(7,34)35)23-12-9-11-21(2)19-23/h9,11-12,14-17,19,25H,8,10,13,18,20H2,1-7H3,(H,29,33). The van der Waals surface area contributed by atoms with Crippen molar-refractivity contribution in [1.82, 2.24) is 10.2 Å². The van der Waals surface area contributed by atoms with Crippen LogP contribution in [-0.4, -0.2) is 56.6 Å². The van der Waals surface area contributed by atoms with Crippen LogP contribution in [0.5, 0.6) is 5.75 Å². The molecule has 0 saturated carbocycles. The zero-order valence-corrected chi connectivity index (χ0v) is 23.9. The van der Waals surface area contributed by atoms with Gasteiger partial charge in [-0.2, -0.15) is 0 Å². The first-order valence-corrected chi connectivity index (χ1v) is 14.4. The van der Waals surface area contributed by atoms with E-state index in [4.69, 9.17) is 4.74 Å². The molecule has 0 spiro atoms. The van der Waals surface area contributed by atoms with E-state index in [0.29, 0.717) is 24.3 Å². The highest BCUT2D eigenvalue weighted by atomic mass is 32.2. The van der Waals surface area contributed by atoms with Crippen LogP contribution in [0.1, 0.15) is 58.1 Å². The third-order valence-corrected chi connectivity index (χ3v) is 7.03. The maximum Gasteiger partial charge on any atom is 0.243 e. The van der Waals surface area contributed by atoms with E-state index in [1.165, 1.54) is 4.31 Å². The third kappa shape index (κ3) is 9.39. The largest absolute Gasteiger partial charge is 0.497 e. The maximum absolute atomic E-state index is 13.5. The zero-order valence-electron chi connectivity index (χ0n) is 23.1. The van der Waals surface area contributed by atoms with E-state index in [-0.39, 0.29) is 31.3 Å². The van der Waals surface area contributed by atoms with Crippen LogP contribution in [0.2, 0.25) is 0 Å². The Kier molecular flexibility index (Phi) is 10.5. The Hall–Kier alpha value is -3.07. The Labute approximate surface area is 222 Å². The van der Waals surface area contributed by atoms with Crippen LogP contribution < -0.4 is 14.4 Å². The number of sulfonamides is 1. The number of hydrogen-bond acceptors (Lipinski definition) is 5. The van der Waals surface area contributed by atoms with E-state index in [2.05, 4.69) is 5.32 Å². The van der Waals surface area contributed by atoms with Gasteiger partial charge in [0, 0.05) is 25.0 Å². The van der Waals surface area contributed by atoms with Crippen molar-refractivity contribution < 1.29 is 22.7 Å². The van der Waals surface area contributed by atoms with Gasteiger partial charge in [0.1, 0.15) is 11.8 Å². The van der Waals surface area contributed by atoms with Crippen LogP contribution in [-0.2, 0) is 26.2 Å². The minimum absolute atomic E-state index is 0.104. The number of carbonyl (C=O) groups is 2. The number of ether oxygens (including phenoxy) is 1. The third-order valence-electron chi connectivity index (χ3n) is 5.84. The van der Waals surface area contributed by atoms with Gasteiger partial charge in [-0.1, -0.05) is 31.2 Å². The molecular formula is C28H41N3O5S. The van der Waals surface area contributed by atoms with Crippen LogP contribution in [0.15, 0.2) is 48.5 Å². The Bertz CT molecular complexity index is 1160. The number of benzene rings is 2.